The fraction of sp³-hybridized carbons (Fsp3) is 0.333. The van der Waals surface area contributed by atoms with E-state index in [0.29, 0.717) is 25.8 Å². The number of ether oxygens (including phenoxy) is 1. The molecule has 0 radical (unpaired) electrons. The van der Waals surface area contributed by atoms with E-state index in [0.717, 1.165) is 17.7 Å². The third-order valence-corrected chi connectivity index (χ3v) is 7.66. The zero-order valence-electron chi connectivity index (χ0n) is 20.8. The van der Waals surface area contributed by atoms with Crippen LogP contribution in [0.4, 0.5) is 4.79 Å². The van der Waals surface area contributed by atoms with Gasteiger partial charge in [-0.1, -0.05) is 78.4 Å². The van der Waals surface area contributed by atoms with Crippen molar-refractivity contribution in [2.24, 2.45) is 0 Å². The van der Waals surface area contributed by atoms with Gasteiger partial charge in [-0.2, -0.15) is 0 Å². The Bertz CT molecular complexity index is 1110. The lowest BCUT2D eigenvalue weighted by molar-refractivity contribution is -0.132. The molecular formula is C30H34N2O3S. The Labute approximate surface area is 218 Å². The topological polar surface area (TPSA) is 58.6 Å². The Balaban J connectivity index is 1.36. The highest BCUT2D eigenvalue weighted by molar-refractivity contribution is 7.99. The van der Waals surface area contributed by atoms with Crippen molar-refractivity contribution in [1.82, 2.24) is 10.2 Å². The second-order valence-corrected chi connectivity index (χ2v) is 10.4. The largest absolute Gasteiger partial charge is 0.445 e. The van der Waals surface area contributed by atoms with Crippen LogP contribution in [-0.4, -0.2) is 41.3 Å². The quantitative estimate of drug-likeness (QED) is 0.364. The Morgan fingerprint density at radius 3 is 2.33 bits per heavy atom. The first-order valence-corrected chi connectivity index (χ1v) is 13.6. The summed E-state index contributed by atoms with van der Waals surface area (Å²) < 4.78 is 5.40. The summed E-state index contributed by atoms with van der Waals surface area (Å²) in [5.41, 5.74) is 3.41. The molecule has 1 aliphatic heterocycles. The maximum absolute atomic E-state index is 13.2. The number of nitrogens with zero attached hydrogens (tertiary/aromatic N) is 1. The summed E-state index contributed by atoms with van der Waals surface area (Å²) in [4.78, 5) is 28.8. The van der Waals surface area contributed by atoms with Crippen molar-refractivity contribution in [1.29, 1.82) is 0 Å². The fourth-order valence-electron chi connectivity index (χ4n) is 4.44. The number of nitrogens with one attached hydrogen (secondary N) is 1. The second kappa shape index (κ2) is 13.2. The van der Waals surface area contributed by atoms with Crippen LogP contribution in [0, 0.1) is 6.92 Å². The van der Waals surface area contributed by atoms with Crippen LogP contribution in [0.15, 0.2) is 89.8 Å². The van der Waals surface area contributed by atoms with Gasteiger partial charge in [0, 0.05) is 35.7 Å². The summed E-state index contributed by atoms with van der Waals surface area (Å²) in [5, 5.41) is 2.98. The molecule has 1 heterocycles. The number of carbonyl (C=O) groups is 2. The lowest BCUT2D eigenvalue weighted by Crippen LogP contribution is -2.43. The zero-order valence-corrected chi connectivity index (χ0v) is 21.6. The molecular weight excluding hydrogens is 468 g/mol. The number of thioether (sulfide) groups is 1. The molecule has 1 saturated heterocycles. The number of amides is 2. The molecule has 1 fully saturated rings. The number of benzene rings is 3. The summed E-state index contributed by atoms with van der Waals surface area (Å²) in [5.74, 6) is 0.975. The Morgan fingerprint density at radius 1 is 0.972 bits per heavy atom. The van der Waals surface area contributed by atoms with Crippen molar-refractivity contribution in [3.63, 3.8) is 0 Å². The molecule has 4 rings (SSSR count). The summed E-state index contributed by atoms with van der Waals surface area (Å²) in [7, 11) is 0. The van der Waals surface area contributed by atoms with E-state index in [-0.39, 0.29) is 24.6 Å². The number of aryl methyl sites for hydroxylation is 1. The van der Waals surface area contributed by atoms with Crippen molar-refractivity contribution in [2.75, 3.05) is 12.3 Å². The fourth-order valence-corrected chi connectivity index (χ4v) is 5.45. The van der Waals surface area contributed by atoms with Gasteiger partial charge in [0.15, 0.2) is 0 Å². The first kappa shape index (κ1) is 25.8. The van der Waals surface area contributed by atoms with Crippen LogP contribution >= 0.6 is 11.8 Å². The number of alkyl carbamates (subject to hydrolysis) is 1. The molecule has 2 amide bonds. The molecule has 36 heavy (non-hydrogen) atoms. The van der Waals surface area contributed by atoms with Gasteiger partial charge in [0.05, 0.1) is 0 Å². The van der Waals surface area contributed by atoms with Gasteiger partial charge in [-0.05, 0) is 49.4 Å². The van der Waals surface area contributed by atoms with Crippen molar-refractivity contribution < 1.29 is 14.3 Å². The van der Waals surface area contributed by atoms with E-state index in [1.54, 1.807) is 11.8 Å². The molecule has 0 aromatic heterocycles. The SMILES string of the molecule is Cc1ccc(SC[C@H](Cc2ccccc2)N2CC[C@@H](NC(=O)OCc3ccccc3)CCC2=O)cc1. The van der Waals surface area contributed by atoms with Gasteiger partial charge in [-0.25, -0.2) is 4.79 Å². The molecule has 0 bridgehead atoms. The molecule has 6 heteroatoms. The van der Waals surface area contributed by atoms with E-state index in [2.05, 4.69) is 48.6 Å². The Morgan fingerprint density at radius 2 is 1.64 bits per heavy atom. The van der Waals surface area contributed by atoms with Crippen LogP contribution in [0.2, 0.25) is 0 Å². The molecule has 0 spiro atoms. The zero-order chi connectivity index (χ0) is 25.2. The van der Waals surface area contributed by atoms with Gasteiger partial charge in [0.2, 0.25) is 5.91 Å². The number of carbonyl (C=O) groups excluding carboxylic acids is 2. The summed E-state index contributed by atoms with van der Waals surface area (Å²) >= 11 is 1.79. The Hall–Kier alpha value is -3.25. The van der Waals surface area contributed by atoms with Gasteiger partial charge in [-0.3, -0.25) is 4.79 Å². The third-order valence-electron chi connectivity index (χ3n) is 6.50. The number of hydrogen-bond donors (Lipinski definition) is 1. The molecule has 1 aliphatic rings. The maximum Gasteiger partial charge on any atom is 0.407 e. The number of likely N-dealkylation sites (tertiary alicyclic amines) is 1. The minimum absolute atomic E-state index is 0.0787. The van der Waals surface area contributed by atoms with E-state index in [4.69, 9.17) is 4.74 Å². The summed E-state index contributed by atoms with van der Waals surface area (Å²) in [6, 6.07) is 28.5. The molecule has 5 nitrogen and oxygen atoms in total. The lowest BCUT2D eigenvalue weighted by Gasteiger charge is -2.31. The first-order valence-electron chi connectivity index (χ1n) is 12.6. The highest BCUT2D eigenvalue weighted by Gasteiger charge is 2.29. The van der Waals surface area contributed by atoms with E-state index in [9.17, 15) is 9.59 Å². The molecule has 3 aromatic carbocycles. The maximum atomic E-state index is 13.2. The average molecular weight is 503 g/mol. The normalized spacial score (nSPS) is 16.8. The van der Waals surface area contributed by atoms with Gasteiger partial charge >= 0.3 is 6.09 Å². The third kappa shape index (κ3) is 7.89. The molecule has 188 valence electrons. The number of hydrogen-bond acceptors (Lipinski definition) is 4. The van der Waals surface area contributed by atoms with Crippen LogP contribution in [0.25, 0.3) is 0 Å². The van der Waals surface area contributed by atoms with Crippen LogP contribution in [0.5, 0.6) is 0 Å². The monoisotopic (exact) mass is 502 g/mol. The summed E-state index contributed by atoms with van der Waals surface area (Å²) in [6.07, 6.45) is 2.14. The standard InChI is InChI=1S/C30H34N2O3S/c1-23-12-15-28(16-13-23)36-22-27(20-24-8-4-2-5-9-24)32-19-18-26(14-17-29(32)33)31-30(34)35-21-25-10-6-3-7-11-25/h2-13,15-16,26-27H,14,17-22H2,1H3,(H,31,34)/t26-,27-/m0/s1. The van der Waals surface area contributed by atoms with Gasteiger partial charge in [-0.15, -0.1) is 11.8 Å². The van der Waals surface area contributed by atoms with Crippen LogP contribution in [0.1, 0.15) is 36.0 Å². The predicted octanol–water partition coefficient (Wildman–Crippen LogP) is 6.01. The van der Waals surface area contributed by atoms with Gasteiger partial charge in [0.1, 0.15) is 6.61 Å². The highest BCUT2D eigenvalue weighted by atomic mass is 32.2. The van der Waals surface area contributed by atoms with Crippen LogP contribution in [0.3, 0.4) is 0 Å². The average Bonchev–Trinajstić information content (AvgIpc) is 3.08. The van der Waals surface area contributed by atoms with Crippen molar-refractivity contribution >= 4 is 23.8 Å². The molecule has 0 unspecified atom stereocenters. The van der Waals surface area contributed by atoms with Gasteiger partial charge in [0.25, 0.3) is 0 Å². The van der Waals surface area contributed by atoms with E-state index in [1.165, 1.54) is 16.0 Å². The molecule has 0 saturated carbocycles. The molecule has 1 N–H and O–H groups in total. The first-order chi connectivity index (χ1) is 17.6. The van der Waals surface area contributed by atoms with Gasteiger partial charge < -0.3 is 15.0 Å². The minimum atomic E-state index is -0.430. The van der Waals surface area contributed by atoms with Crippen molar-refractivity contribution in [3.05, 3.63) is 102 Å². The lowest BCUT2D eigenvalue weighted by atomic mass is 10.1. The smallest absolute Gasteiger partial charge is 0.407 e. The van der Waals surface area contributed by atoms with Crippen LogP contribution < -0.4 is 5.32 Å². The van der Waals surface area contributed by atoms with E-state index >= 15 is 0 Å². The predicted molar refractivity (Wildman–Crippen MR) is 145 cm³/mol. The van der Waals surface area contributed by atoms with Crippen molar-refractivity contribution in [3.8, 4) is 0 Å². The number of rotatable bonds is 9. The van der Waals surface area contributed by atoms with Crippen LogP contribution in [-0.2, 0) is 22.6 Å². The molecule has 3 aromatic rings. The summed E-state index contributed by atoms with van der Waals surface area (Å²) in [6.45, 7) is 2.94. The van der Waals surface area contributed by atoms with Crippen molar-refractivity contribution in [2.45, 2.75) is 56.2 Å². The Kier molecular flexibility index (Phi) is 9.45. The minimum Gasteiger partial charge on any atom is -0.445 e. The molecule has 0 aliphatic carbocycles. The van der Waals surface area contributed by atoms with E-state index in [1.807, 2.05) is 53.4 Å². The molecule has 2 atom stereocenters. The highest BCUT2D eigenvalue weighted by Crippen LogP contribution is 2.25. The second-order valence-electron chi connectivity index (χ2n) is 9.29. The van der Waals surface area contributed by atoms with E-state index < -0.39 is 6.09 Å².